The molecule has 124 valence electrons. The van der Waals surface area contributed by atoms with Crippen molar-refractivity contribution in [3.8, 4) is 0 Å². The Morgan fingerprint density at radius 1 is 1.12 bits per heavy atom. The lowest BCUT2D eigenvalue weighted by Crippen LogP contribution is -2.19. The fourth-order valence-electron chi connectivity index (χ4n) is 2.35. The molecule has 8 nitrogen and oxygen atoms in total. The molecule has 2 aromatic carbocycles. The lowest BCUT2D eigenvalue weighted by atomic mass is 10.1. The number of carbonyl (C=O) groups is 1. The molecule has 8 heteroatoms. The summed E-state index contributed by atoms with van der Waals surface area (Å²) in [6, 6.07) is 12.0. The van der Waals surface area contributed by atoms with Crippen molar-refractivity contribution < 1.29 is 14.8 Å². The van der Waals surface area contributed by atoms with Gasteiger partial charge >= 0.3 is 5.97 Å². The van der Waals surface area contributed by atoms with Gasteiger partial charge in [-0.1, -0.05) is 18.2 Å². The van der Waals surface area contributed by atoms with Crippen LogP contribution in [0, 0.1) is 10.1 Å². The monoisotopic (exact) mass is 337 g/mol. The first-order valence-electron chi connectivity index (χ1n) is 7.14. The summed E-state index contributed by atoms with van der Waals surface area (Å²) in [6.45, 7) is 0. The average Bonchev–Trinajstić information content (AvgIpc) is 2.61. The third kappa shape index (κ3) is 3.13. The number of hydrogen-bond donors (Lipinski definition) is 1. The van der Waals surface area contributed by atoms with Crippen molar-refractivity contribution in [1.82, 2.24) is 4.68 Å². The summed E-state index contributed by atoms with van der Waals surface area (Å²) < 4.78 is 0.938. The minimum atomic E-state index is -1.17. The van der Waals surface area contributed by atoms with E-state index in [0.717, 1.165) is 10.9 Å². The topological polar surface area (TPSA) is 115 Å². The van der Waals surface area contributed by atoms with Crippen molar-refractivity contribution in [2.24, 2.45) is 5.10 Å². The maximum absolute atomic E-state index is 12.4. The molecule has 3 aromatic rings. The standard InChI is InChI=1S/C17H11N3O5/c21-16-14-4-2-1-3-13(14)15(17(22)23)10-19(16)18-9-11-5-7-12(8-6-11)20(24)25/h1-10H,(H,22,23)/b18-9+. The number of benzene rings is 2. The van der Waals surface area contributed by atoms with E-state index in [4.69, 9.17) is 0 Å². The van der Waals surface area contributed by atoms with Crippen LogP contribution in [0.25, 0.3) is 10.8 Å². The van der Waals surface area contributed by atoms with Gasteiger partial charge in [-0.25, -0.2) is 9.47 Å². The molecule has 25 heavy (non-hydrogen) atoms. The van der Waals surface area contributed by atoms with Gasteiger partial charge in [0.05, 0.1) is 16.7 Å². The number of nitro groups is 1. The molecular formula is C17H11N3O5. The van der Waals surface area contributed by atoms with Crippen LogP contribution in [-0.2, 0) is 0 Å². The van der Waals surface area contributed by atoms with Crippen LogP contribution in [0.1, 0.15) is 15.9 Å². The normalized spacial score (nSPS) is 11.0. The first-order valence-corrected chi connectivity index (χ1v) is 7.14. The molecule has 0 fully saturated rings. The van der Waals surface area contributed by atoms with Gasteiger partial charge in [-0.15, -0.1) is 0 Å². The number of aromatic nitrogens is 1. The molecule has 0 saturated carbocycles. The minimum absolute atomic E-state index is 0.0453. The Labute approximate surface area is 140 Å². The fourth-order valence-corrected chi connectivity index (χ4v) is 2.35. The molecule has 0 unspecified atom stereocenters. The summed E-state index contributed by atoms with van der Waals surface area (Å²) in [7, 11) is 0. The van der Waals surface area contributed by atoms with Crippen LogP contribution in [-0.4, -0.2) is 26.9 Å². The molecule has 1 N–H and O–H groups in total. The first-order chi connectivity index (χ1) is 12.0. The third-order valence-corrected chi connectivity index (χ3v) is 3.57. The molecule has 0 saturated heterocycles. The Balaban J connectivity index is 2.06. The van der Waals surface area contributed by atoms with Gasteiger partial charge in [-0.3, -0.25) is 14.9 Å². The van der Waals surface area contributed by atoms with Crippen LogP contribution in [0.15, 0.2) is 64.6 Å². The average molecular weight is 337 g/mol. The van der Waals surface area contributed by atoms with Crippen molar-refractivity contribution >= 4 is 28.6 Å². The first kappa shape index (κ1) is 16.1. The molecule has 0 spiro atoms. The van der Waals surface area contributed by atoms with Crippen molar-refractivity contribution in [3.63, 3.8) is 0 Å². The van der Waals surface area contributed by atoms with Crippen molar-refractivity contribution in [1.29, 1.82) is 0 Å². The van der Waals surface area contributed by atoms with Gasteiger partial charge in [0.15, 0.2) is 0 Å². The Morgan fingerprint density at radius 2 is 1.76 bits per heavy atom. The maximum Gasteiger partial charge on any atom is 0.337 e. The van der Waals surface area contributed by atoms with Gasteiger partial charge in [-0.05, 0) is 23.8 Å². The highest BCUT2D eigenvalue weighted by Gasteiger charge is 2.13. The van der Waals surface area contributed by atoms with Crippen LogP contribution < -0.4 is 5.56 Å². The minimum Gasteiger partial charge on any atom is -0.478 e. The Hall–Kier alpha value is -3.81. The van der Waals surface area contributed by atoms with E-state index >= 15 is 0 Å². The highest BCUT2D eigenvalue weighted by atomic mass is 16.6. The number of non-ortho nitro benzene ring substituents is 1. The van der Waals surface area contributed by atoms with E-state index in [1.807, 2.05) is 0 Å². The zero-order valence-corrected chi connectivity index (χ0v) is 12.7. The molecule has 0 radical (unpaired) electrons. The molecule has 0 amide bonds. The van der Waals surface area contributed by atoms with Gasteiger partial charge in [0.2, 0.25) is 0 Å². The fraction of sp³-hybridized carbons (Fsp3) is 0. The predicted molar refractivity (Wildman–Crippen MR) is 91.3 cm³/mol. The van der Waals surface area contributed by atoms with E-state index in [1.165, 1.54) is 36.5 Å². The summed E-state index contributed by atoms with van der Waals surface area (Å²) in [6.07, 6.45) is 2.47. The Kier molecular flexibility index (Phi) is 4.09. The summed E-state index contributed by atoms with van der Waals surface area (Å²) in [5.41, 5.74) is -0.0365. The van der Waals surface area contributed by atoms with E-state index in [2.05, 4.69) is 5.10 Å². The molecule has 0 bridgehead atoms. The smallest absolute Gasteiger partial charge is 0.337 e. The molecule has 1 heterocycles. The van der Waals surface area contributed by atoms with Gasteiger partial charge in [-0.2, -0.15) is 5.10 Å². The van der Waals surface area contributed by atoms with Gasteiger partial charge in [0, 0.05) is 29.1 Å². The molecule has 0 aliphatic carbocycles. The zero-order chi connectivity index (χ0) is 18.0. The third-order valence-electron chi connectivity index (χ3n) is 3.57. The molecule has 1 aromatic heterocycles. The number of rotatable bonds is 4. The number of aromatic carboxylic acids is 1. The van der Waals surface area contributed by atoms with E-state index < -0.39 is 16.5 Å². The summed E-state index contributed by atoms with van der Waals surface area (Å²) >= 11 is 0. The molecular weight excluding hydrogens is 326 g/mol. The Morgan fingerprint density at radius 3 is 2.36 bits per heavy atom. The van der Waals surface area contributed by atoms with Crippen molar-refractivity contribution in [3.05, 3.63) is 86.3 Å². The number of fused-ring (bicyclic) bond motifs is 1. The van der Waals surface area contributed by atoms with Crippen LogP contribution >= 0.6 is 0 Å². The van der Waals surface area contributed by atoms with E-state index in [0.29, 0.717) is 10.9 Å². The number of pyridine rings is 1. The molecule has 0 aliphatic rings. The van der Waals surface area contributed by atoms with E-state index in [1.54, 1.807) is 18.2 Å². The predicted octanol–water partition coefficient (Wildman–Crippen LogP) is 2.49. The molecule has 0 aliphatic heterocycles. The van der Waals surface area contributed by atoms with Crippen molar-refractivity contribution in [2.45, 2.75) is 0 Å². The number of carboxylic acid groups (broad SMARTS) is 1. The number of nitro benzene ring substituents is 1. The molecule has 0 atom stereocenters. The zero-order valence-electron chi connectivity index (χ0n) is 12.7. The SMILES string of the molecule is O=C(O)c1cn(/N=C/c2ccc([N+](=O)[O-])cc2)c(=O)c2ccccc12. The highest BCUT2D eigenvalue weighted by molar-refractivity contribution is 6.03. The van der Waals surface area contributed by atoms with Gasteiger partial charge in [0.25, 0.3) is 11.2 Å². The van der Waals surface area contributed by atoms with Crippen LogP contribution in [0.2, 0.25) is 0 Å². The summed E-state index contributed by atoms with van der Waals surface area (Å²) in [4.78, 5) is 34.0. The number of carboxylic acids is 1. The quantitative estimate of drug-likeness (QED) is 0.446. The summed E-state index contributed by atoms with van der Waals surface area (Å²) in [5, 5.41) is 24.5. The van der Waals surface area contributed by atoms with Crippen LogP contribution in [0.4, 0.5) is 5.69 Å². The highest BCUT2D eigenvalue weighted by Crippen LogP contribution is 2.15. The second-order valence-corrected chi connectivity index (χ2v) is 5.14. The van der Waals surface area contributed by atoms with Gasteiger partial charge in [0.1, 0.15) is 0 Å². The molecule has 3 rings (SSSR count). The van der Waals surface area contributed by atoms with Crippen molar-refractivity contribution in [2.75, 3.05) is 0 Å². The second-order valence-electron chi connectivity index (χ2n) is 5.14. The summed E-state index contributed by atoms with van der Waals surface area (Å²) in [5.74, 6) is -1.17. The van der Waals surface area contributed by atoms with Crippen LogP contribution in [0.5, 0.6) is 0 Å². The largest absolute Gasteiger partial charge is 0.478 e. The number of hydrogen-bond acceptors (Lipinski definition) is 5. The maximum atomic E-state index is 12.4. The lowest BCUT2D eigenvalue weighted by Gasteiger charge is -2.05. The second kappa shape index (κ2) is 6.36. The van der Waals surface area contributed by atoms with E-state index in [-0.39, 0.29) is 16.6 Å². The van der Waals surface area contributed by atoms with Crippen LogP contribution in [0.3, 0.4) is 0 Å². The van der Waals surface area contributed by atoms with Gasteiger partial charge < -0.3 is 5.11 Å². The van der Waals surface area contributed by atoms with E-state index in [9.17, 15) is 24.8 Å². The number of nitrogens with zero attached hydrogens (tertiary/aromatic N) is 3. The Bertz CT molecular complexity index is 1070. The lowest BCUT2D eigenvalue weighted by molar-refractivity contribution is -0.384.